The molecule has 2 aromatic heterocycles. The van der Waals surface area contributed by atoms with Gasteiger partial charge in [-0.05, 0) is 31.2 Å². The van der Waals surface area contributed by atoms with Crippen LogP contribution in [0.5, 0.6) is 0 Å². The molecule has 0 aliphatic carbocycles. The van der Waals surface area contributed by atoms with Crippen LogP contribution in [-0.4, -0.2) is 38.6 Å². The Kier molecular flexibility index (Phi) is 4.19. The number of carbonyl (C=O) groups is 3. The molecule has 0 fully saturated rings. The third kappa shape index (κ3) is 3.08. The zero-order valence-corrected chi connectivity index (χ0v) is 14.8. The first-order valence-corrected chi connectivity index (χ1v) is 8.70. The van der Waals surface area contributed by atoms with Gasteiger partial charge in [-0.15, -0.1) is 0 Å². The summed E-state index contributed by atoms with van der Waals surface area (Å²) in [4.78, 5) is 42.3. The van der Waals surface area contributed by atoms with Crippen molar-refractivity contribution in [2.24, 2.45) is 0 Å². The minimum atomic E-state index is -0.348. The third-order valence-corrected chi connectivity index (χ3v) is 4.65. The van der Waals surface area contributed by atoms with E-state index in [2.05, 4.69) is 10.3 Å². The van der Waals surface area contributed by atoms with E-state index < -0.39 is 0 Å². The second kappa shape index (κ2) is 6.68. The number of imidazole rings is 1. The van der Waals surface area contributed by atoms with Crippen molar-refractivity contribution in [3.8, 4) is 0 Å². The molecule has 0 unspecified atom stereocenters. The molecule has 3 aromatic rings. The average Bonchev–Trinajstić information content (AvgIpc) is 3.20. The van der Waals surface area contributed by atoms with Gasteiger partial charge in [0.15, 0.2) is 0 Å². The molecule has 0 bridgehead atoms. The Balaban J connectivity index is 1.34. The SMILES string of the molecule is Cc1cccc2nc(CNC(=O)CCN3C(=O)c4ccccc4C3=O)cn12. The van der Waals surface area contributed by atoms with E-state index in [-0.39, 0.29) is 30.7 Å². The van der Waals surface area contributed by atoms with E-state index in [0.717, 1.165) is 21.9 Å². The fourth-order valence-corrected chi connectivity index (χ4v) is 3.22. The number of aromatic nitrogens is 2. The predicted molar refractivity (Wildman–Crippen MR) is 98.2 cm³/mol. The molecule has 27 heavy (non-hydrogen) atoms. The van der Waals surface area contributed by atoms with Crippen molar-refractivity contribution >= 4 is 23.4 Å². The van der Waals surface area contributed by atoms with E-state index in [1.165, 1.54) is 0 Å². The standard InChI is InChI=1S/C20H18N4O3/c1-13-5-4-8-17-22-14(12-24(13)17)11-21-18(25)9-10-23-19(26)15-6-2-3-7-16(15)20(23)27/h2-8,12H,9-11H2,1H3,(H,21,25). The zero-order chi connectivity index (χ0) is 19.0. The fourth-order valence-electron chi connectivity index (χ4n) is 3.22. The lowest BCUT2D eigenvalue weighted by Gasteiger charge is -2.13. The summed E-state index contributed by atoms with van der Waals surface area (Å²) < 4.78 is 1.96. The largest absolute Gasteiger partial charge is 0.350 e. The number of imide groups is 1. The van der Waals surface area contributed by atoms with Gasteiger partial charge in [-0.25, -0.2) is 4.98 Å². The molecule has 4 rings (SSSR count). The fraction of sp³-hybridized carbons (Fsp3) is 0.200. The van der Waals surface area contributed by atoms with E-state index in [9.17, 15) is 14.4 Å². The number of benzene rings is 1. The van der Waals surface area contributed by atoms with Crippen LogP contribution < -0.4 is 5.32 Å². The van der Waals surface area contributed by atoms with Gasteiger partial charge in [0.25, 0.3) is 11.8 Å². The molecular weight excluding hydrogens is 344 g/mol. The molecule has 0 atom stereocenters. The first kappa shape index (κ1) is 17.0. The quantitative estimate of drug-likeness (QED) is 0.703. The number of hydrogen-bond donors (Lipinski definition) is 1. The van der Waals surface area contributed by atoms with Gasteiger partial charge in [0.2, 0.25) is 5.91 Å². The maximum Gasteiger partial charge on any atom is 0.261 e. The molecule has 0 saturated carbocycles. The molecule has 7 heteroatoms. The molecular formula is C20H18N4O3. The molecule has 3 amide bonds. The van der Waals surface area contributed by atoms with Crippen LogP contribution >= 0.6 is 0 Å². The highest BCUT2D eigenvalue weighted by Gasteiger charge is 2.34. The number of nitrogens with zero attached hydrogens (tertiary/aromatic N) is 3. The van der Waals surface area contributed by atoms with Crippen LogP contribution in [-0.2, 0) is 11.3 Å². The highest BCUT2D eigenvalue weighted by atomic mass is 16.2. The Morgan fingerprint density at radius 1 is 1.04 bits per heavy atom. The van der Waals surface area contributed by atoms with Gasteiger partial charge in [-0.1, -0.05) is 18.2 Å². The van der Waals surface area contributed by atoms with Gasteiger partial charge < -0.3 is 9.72 Å². The molecule has 3 heterocycles. The Bertz CT molecular complexity index is 1040. The number of carbonyl (C=O) groups excluding carboxylic acids is 3. The van der Waals surface area contributed by atoms with Gasteiger partial charge in [-0.3, -0.25) is 19.3 Å². The van der Waals surface area contributed by atoms with Crippen LogP contribution in [0.15, 0.2) is 48.7 Å². The first-order valence-electron chi connectivity index (χ1n) is 8.70. The van der Waals surface area contributed by atoms with Crippen molar-refractivity contribution in [3.63, 3.8) is 0 Å². The van der Waals surface area contributed by atoms with Crippen LogP contribution in [0, 0.1) is 6.92 Å². The van der Waals surface area contributed by atoms with Crippen molar-refractivity contribution in [2.45, 2.75) is 19.9 Å². The first-order chi connectivity index (χ1) is 13.0. The number of hydrogen-bond acceptors (Lipinski definition) is 4. The lowest BCUT2D eigenvalue weighted by Crippen LogP contribution is -2.34. The lowest BCUT2D eigenvalue weighted by atomic mass is 10.1. The van der Waals surface area contributed by atoms with Crippen molar-refractivity contribution < 1.29 is 14.4 Å². The zero-order valence-electron chi connectivity index (χ0n) is 14.8. The molecule has 0 spiro atoms. The van der Waals surface area contributed by atoms with E-state index in [1.807, 2.05) is 35.7 Å². The summed E-state index contributed by atoms with van der Waals surface area (Å²) in [6.45, 7) is 2.34. The Labute approximate surface area is 155 Å². The summed E-state index contributed by atoms with van der Waals surface area (Å²) in [5, 5.41) is 2.79. The molecule has 1 N–H and O–H groups in total. The number of amides is 3. The van der Waals surface area contributed by atoms with Gasteiger partial charge in [0, 0.05) is 24.9 Å². The maximum atomic E-state index is 12.3. The van der Waals surface area contributed by atoms with Gasteiger partial charge in [-0.2, -0.15) is 0 Å². The molecule has 1 aromatic carbocycles. The van der Waals surface area contributed by atoms with Gasteiger partial charge in [0.1, 0.15) is 5.65 Å². The number of aryl methyl sites for hydroxylation is 1. The van der Waals surface area contributed by atoms with Crippen LogP contribution in [0.25, 0.3) is 5.65 Å². The number of pyridine rings is 1. The monoisotopic (exact) mass is 362 g/mol. The summed E-state index contributed by atoms with van der Waals surface area (Å²) >= 11 is 0. The third-order valence-electron chi connectivity index (χ3n) is 4.65. The van der Waals surface area contributed by atoms with Crippen LogP contribution in [0.1, 0.15) is 38.5 Å². The second-order valence-electron chi connectivity index (χ2n) is 6.46. The van der Waals surface area contributed by atoms with Crippen LogP contribution in [0.3, 0.4) is 0 Å². The van der Waals surface area contributed by atoms with Crippen molar-refractivity contribution in [1.82, 2.24) is 19.6 Å². The number of rotatable bonds is 5. The summed E-state index contributed by atoms with van der Waals surface area (Å²) in [5.74, 6) is -0.932. The van der Waals surface area contributed by atoms with Crippen LogP contribution in [0.4, 0.5) is 0 Å². The van der Waals surface area contributed by atoms with E-state index in [0.29, 0.717) is 17.7 Å². The molecule has 0 radical (unpaired) electrons. The highest BCUT2D eigenvalue weighted by Crippen LogP contribution is 2.22. The highest BCUT2D eigenvalue weighted by molar-refractivity contribution is 6.21. The topological polar surface area (TPSA) is 83.8 Å². The maximum absolute atomic E-state index is 12.3. The smallest absolute Gasteiger partial charge is 0.261 e. The van der Waals surface area contributed by atoms with Crippen molar-refractivity contribution in [2.75, 3.05) is 6.54 Å². The Morgan fingerprint density at radius 2 is 1.74 bits per heavy atom. The van der Waals surface area contributed by atoms with E-state index >= 15 is 0 Å². The Morgan fingerprint density at radius 3 is 2.41 bits per heavy atom. The van der Waals surface area contributed by atoms with Gasteiger partial charge in [0.05, 0.1) is 23.4 Å². The minimum absolute atomic E-state index is 0.0534. The number of fused-ring (bicyclic) bond motifs is 2. The van der Waals surface area contributed by atoms with Gasteiger partial charge >= 0.3 is 0 Å². The molecule has 1 aliphatic heterocycles. The molecule has 7 nitrogen and oxygen atoms in total. The lowest BCUT2D eigenvalue weighted by molar-refractivity contribution is -0.121. The van der Waals surface area contributed by atoms with E-state index in [1.54, 1.807) is 24.3 Å². The number of nitrogens with one attached hydrogen (secondary N) is 1. The average molecular weight is 362 g/mol. The molecule has 1 aliphatic rings. The molecule has 0 saturated heterocycles. The normalized spacial score (nSPS) is 13.3. The summed E-state index contributed by atoms with van der Waals surface area (Å²) in [6.07, 6.45) is 1.94. The minimum Gasteiger partial charge on any atom is -0.350 e. The van der Waals surface area contributed by atoms with Crippen molar-refractivity contribution in [3.05, 3.63) is 71.2 Å². The second-order valence-corrected chi connectivity index (χ2v) is 6.46. The predicted octanol–water partition coefficient (Wildman–Crippen LogP) is 1.95. The summed E-state index contributed by atoms with van der Waals surface area (Å²) in [5.41, 5.74) is 3.41. The van der Waals surface area contributed by atoms with Crippen molar-refractivity contribution in [1.29, 1.82) is 0 Å². The van der Waals surface area contributed by atoms with E-state index in [4.69, 9.17) is 0 Å². The van der Waals surface area contributed by atoms with Crippen LogP contribution in [0.2, 0.25) is 0 Å². The Hall–Kier alpha value is -3.48. The summed E-state index contributed by atoms with van der Waals surface area (Å²) in [7, 11) is 0. The summed E-state index contributed by atoms with van der Waals surface area (Å²) in [6, 6.07) is 12.5. The molecule has 136 valence electrons.